The summed E-state index contributed by atoms with van der Waals surface area (Å²) in [4.78, 5) is 39.4. The summed E-state index contributed by atoms with van der Waals surface area (Å²) >= 11 is 12.6. The Hall–Kier alpha value is -2.51. The molecular weight excluding hydrogens is 393 g/mol. The lowest BCUT2D eigenvalue weighted by molar-refractivity contribution is -0.134. The van der Waals surface area contributed by atoms with Crippen molar-refractivity contribution < 1.29 is 19.1 Å². The Kier molecular flexibility index (Phi) is 5.43. The second-order valence-corrected chi connectivity index (χ2v) is 6.75. The normalized spacial score (nSPS) is 17.6. The van der Waals surface area contributed by atoms with E-state index in [1.54, 1.807) is 6.08 Å². The van der Waals surface area contributed by atoms with Crippen molar-refractivity contribution in [3.05, 3.63) is 39.4 Å². The first-order valence-corrected chi connectivity index (χ1v) is 8.89. The summed E-state index contributed by atoms with van der Waals surface area (Å²) in [6.45, 7) is 1.87. The van der Waals surface area contributed by atoms with Crippen LogP contribution >= 0.6 is 23.2 Å². The van der Waals surface area contributed by atoms with E-state index in [-0.39, 0.29) is 52.1 Å². The smallest absolute Gasteiger partial charge is 0.250 e. The number of carbonyl (C=O) groups excluding carboxylic acids is 3. The Balaban J connectivity index is 1.92. The minimum absolute atomic E-state index is 0.00794. The number of halogens is 2. The highest BCUT2D eigenvalue weighted by Gasteiger charge is 2.27. The molecule has 1 aromatic rings. The van der Waals surface area contributed by atoms with Gasteiger partial charge in [-0.05, 0) is 18.6 Å². The molecule has 0 saturated heterocycles. The lowest BCUT2D eigenvalue weighted by Gasteiger charge is -2.19. The molecule has 0 atom stereocenters. The van der Waals surface area contributed by atoms with Crippen LogP contribution in [0.2, 0.25) is 10.0 Å². The molecule has 0 saturated carbocycles. The number of amides is 1. The van der Waals surface area contributed by atoms with Crippen LogP contribution in [-0.4, -0.2) is 47.7 Å². The van der Waals surface area contributed by atoms with Crippen LogP contribution in [0.4, 0.5) is 0 Å². The number of hydrogen-bond acceptors (Lipinski definition) is 6. The van der Waals surface area contributed by atoms with E-state index >= 15 is 0 Å². The van der Waals surface area contributed by atoms with E-state index in [1.807, 2.05) is 6.92 Å². The SMILES string of the molecule is CCC1=CC(Oc2c(Cl)cc(C3=NN(C)C(=O)CC3=O)cc2Cl)=NCC1=O. The van der Waals surface area contributed by atoms with Gasteiger partial charge < -0.3 is 4.74 Å². The van der Waals surface area contributed by atoms with E-state index in [1.165, 1.54) is 19.2 Å². The van der Waals surface area contributed by atoms with Gasteiger partial charge in [0.05, 0.1) is 16.5 Å². The number of ether oxygens (including phenoxy) is 1. The highest BCUT2D eigenvalue weighted by Crippen LogP contribution is 2.35. The number of nitrogens with zero attached hydrogens (tertiary/aromatic N) is 3. The van der Waals surface area contributed by atoms with Gasteiger partial charge in [0.2, 0.25) is 11.8 Å². The highest BCUT2D eigenvalue weighted by molar-refractivity contribution is 6.50. The fraction of sp³-hybridized carbons (Fsp3) is 0.278. The summed E-state index contributed by atoms with van der Waals surface area (Å²) in [5, 5.41) is 5.40. The molecule has 9 heteroatoms. The summed E-state index contributed by atoms with van der Waals surface area (Å²) < 4.78 is 5.67. The molecule has 140 valence electrons. The molecule has 2 aliphatic rings. The third kappa shape index (κ3) is 3.94. The lowest BCUT2D eigenvalue weighted by Crippen LogP contribution is -2.35. The maximum atomic E-state index is 12.1. The van der Waals surface area contributed by atoms with Crippen molar-refractivity contribution in [2.75, 3.05) is 13.6 Å². The predicted molar refractivity (Wildman–Crippen MR) is 102 cm³/mol. The first-order valence-electron chi connectivity index (χ1n) is 8.14. The Morgan fingerprint density at radius 2 is 1.81 bits per heavy atom. The summed E-state index contributed by atoms with van der Waals surface area (Å²) in [6, 6.07) is 2.98. The maximum absolute atomic E-state index is 12.1. The van der Waals surface area contributed by atoms with E-state index in [4.69, 9.17) is 27.9 Å². The topological polar surface area (TPSA) is 88.4 Å². The predicted octanol–water partition coefficient (Wildman–Crippen LogP) is 2.83. The van der Waals surface area contributed by atoms with Gasteiger partial charge in [-0.3, -0.25) is 14.4 Å². The quantitative estimate of drug-likeness (QED) is 0.720. The molecule has 0 spiro atoms. The second-order valence-electron chi connectivity index (χ2n) is 5.94. The fourth-order valence-electron chi connectivity index (χ4n) is 2.60. The Bertz CT molecular complexity index is 927. The summed E-state index contributed by atoms with van der Waals surface area (Å²) in [7, 11) is 1.47. The average molecular weight is 408 g/mol. The van der Waals surface area contributed by atoms with E-state index in [0.29, 0.717) is 17.6 Å². The van der Waals surface area contributed by atoms with Gasteiger partial charge in [0.15, 0.2) is 17.3 Å². The molecule has 0 aliphatic carbocycles. The van der Waals surface area contributed by atoms with Gasteiger partial charge in [0, 0.05) is 24.3 Å². The number of benzene rings is 1. The van der Waals surface area contributed by atoms with E-state index in [2.05, 4.69) is 10.1 Å². The van der Waals surface area contributed by atoms with Crippen molar-refractivity contribution in [2.45, 2.75) is 19.8 Å². The molecular formula is C18H15Cl2N3O4. The Morgan fingerprint density at radius 3 is 2.44 bits per heavy atom. The number of hydrogen-bond donors (Lipinski definition) is 0. The van der Waals surface area contributed by atoms with Crippen LogP contribution in [0, 0.1) is 0 Å². The number of Topliss-reactive ketones (excluding diaryl/α,β-unsaturated/α-hetero) is 2. The number of hydrazone groups is 1. The number of dihydropyridines is 1. The zero-order valence-corrected chi connectivity index (χ0v) is 16.1. The van der Waals surface area contributed by atoms with E-state index in [0.717, 1.165) is 5.01 Å². The summed E-state index contributed by atoms with van der Waals surface area (Å²) in [6.07, 6.45) is 1.86. The molecule has 1 amide bonds. The molecule has 0 unspecified atom stereocenters. The first-order chi connectivity index (χ1) is 12.8. The molecule has 3 rings (SSSR count). The molecule has 0 radical (unpaired) electrons. The Morgan fingerprint density at radius 1 is 1.15 bits per heavy atom. The standard InChI is InChI=1S/C18H15Cl2N3O4/c1-3-9-6-15(21-8-14(9)25)27-18-11(19)4-10(5-12(18)20)17-13(24)7-16(26)23(2)22-17/h4-6H,3,7-8H2,1-2H3. The zero-order valence-electron chi connectivity index (χ0n) is 14.6. The van der Waals surface area contributed by atoms with Gasteiger partial charge in [-0.2, -0.15) is 5.10 Å². The van der Waals surface area contributed by atoms with Crippen LogP contribution in [-0.2, 0) is 14.4 Å². The van der Waals surface area contributed by atoms with Gasteiger partial charge in [-0.1, -0.05) is 30.1 Å². The third-order valence-corrected chi connectivity index (χ3v) is 4.64. The summed E-state index contributed by atoms with van der Waals surface area (Å²) in [5.74, 6) is -0.451. The van der Waals surface area contributed by atoms with E-state index in [9.17, 15) is 14.4 Å². The van der Waals surface area contributed by atoms with Crippen LogP contribution in [0.3, 0.4) is 0 Å². The largest absolute Gasteiger partial charge is 0.436 e. The van der Waals surface area contributed by atoms with Crippen molar-refractivity contribution in [1.82, 2.24) is 5.01 Å². The molecule has 0 fully saturated rings. The minimum Gasteiger partial charge on any atom is -0.436 e. The van der Waals surface area contributed by atoms with Gasteiger partial charge in [-0.25, -0.2) is 10.0 Å². The summed E-state index contributed by atoms with van der Waals surface area (Å²) in [5.41, 5.74) is 1.09. The molecule has 1 aromatic carbocycles. The maximum Gasteiger partial charge on any atom is 0.250 e. The van der Waals surface area contributed by atoms with Crippen LogP contribution < -0.4 is 4.74 Å². The van der Waals surface area contributed by atoms with Gasteiger partial charge in [0.25, 0.3) is 0 Å². The van der Waals surface area contributed by atoms with Crippen LogP contribution in [0.1, 0.15) is 25.3 Å². The molecule has 0 aromatic heterocycles. The van der Waals surface area contributed by atoms with Crippen molar-refractivity contribution >= 4 is 52.3 Å². The molecule has 0 N–H and O–H groups in total. The van der Waals surface area contributed by atoms with Crippen molar-refractivity contribution in [3.63, 3.8) is 0 Å². The molecule has 0 bridgehead atoms. The van der Waals surface area contributed by atoms with E-state index < -0.39 is 5.78 Å². The minimum atomic E-state index is -0.412. The monoisotopic (exact) mass is 407 g/mol. The Labute approximate surface area is 165 Å². The molecule has 2 aliphatic heterocycles. The second kappa shape index (κ2) is 7.62. The first kappa shape index (κ1) is 19.3. The molecule has 2 heterocycles. The van der Waals surface area contributed by atoms with Gasteiger partial charge >= 0.3 is 0 Å². The van der Waals surface area contributed by atoms with Crippen molar-refractivity contribution in [2.24, 2.45) is 10.1 Å². The zero-order chi connectivity index (χ0) is 19.7. The fourth-order valence-corrected chi connectivity index (χ4v) is 3.17. The lowest BCUT2D eigenvalue weighted by atomic mass is 10.0. The highest BCUT2D eigenvalue weighted by atomic mass is 35.5. The number of rotatable bonds is 3. The molecule has 7 nitrogen and oxygen atoms in total. The van der Waals surface area contributed by atoms with Crippen molar-refractivity contribution in [3.8, 4) is 5.75 Å². The van der Waals surface area contributed by atoms with Gasteiger partial charge in [0.1, 0.15) is 12.3 Å². The molecule has 27 heavy (non-hydrogen) atoms. The van der Waals surface area contributed by atoms with Crippen LogP contribution in [0.5, 0.6) is 5.75 Å². The third-order valence-electron chi connectivity index (χ3n) is 4.08. The number of ketones is 2. The van der Waals surface area contributed by atoms with Crippen molar-refractivity contribution in [1.29, 1.82) is 0 Å². The van der Waals surface area contributed by atoms with Crippen LogP contribution in [0.25, 0.3) is 0 Å². The number of aliphatic imine (C=N–C) groups is 1. The number of carbonyl (C=O) groups is 3. The van der Waals surface area contributed by atoms with Gasteiger partial charge in [-0.15, -0.1) is 0 Å². The van der Waals surface area contributed by atoms with Crippen LogP contribution in [0.15, 0.2) is 33.9 Å². The average Bonchev–Trinajstić information content (AvgIpc) is 2.62.